The van der Waals surface area contributed by atoms with E-state index in [1.54, 1.807) is 62.7 Å². The number of methoxy groups -OCH3 is 1. The minimum atomic E-state index is -0.509. The highest BCUT2D eigenvalue weighted by atomic mass is 16.5. The molecule has 27 heavy (non-hydrogen) atoms. The van der Waals surface area contributed by atoms with Crippen molar-refractivity contribution in [3.63, 3.8) is 0 Å². The maximum atomic E-state index is 12.4. The second-order valence-corrected chi connectivity index (χ2v) is 5.65. The van der Waals surface area contributed by atoms with Gasteiger partial charge in [-0.15, -0.1) is 0 Å². The molecular weight excluding hydrogens is 344 g/mol. The number of nitrogens with two attached hydrogens (primary N) is 1. The molecule has 0 radical (unpaired) electrons. The van der Waals surface area contributed by atoms with Gasteiger partial charge in [0.25, 0.3) is 5.91 Å². The highest BCUT2D eigenvalue weighted by Gasteiger charge is 2.09. The van der Waals surface area contributed by atoms with Crippen LogP contribution in [-0.4, -0.2) is 32.6 Å². The molecule has 0 bridgehead atoms. The molecule has 0 atom stereocenters. The molecule has 2 aromatic carbocycles. The van der Waals surface area contributed by atoms with Gasteiger partial charge >= 0.3 is 0 Å². The lowest BCUT2D eigenvalue weighted by Crippen LogP contribution is -2.24. The third kappa shape index (κ3) is 5.22. The van der Waals surface area contributed by atoms with E-state index in [-0.39, 0.29) is 5.91 Å². The number of rotatable bonds is 8. The molecule has 0 saturated heterocycles. The standard InChI is InChI=1S/C21H22N2O4/c1-4-13-27-18-11-5-15(14-19(18)26-3)6-12-20(24)23(2)17-9-7-16(8-10-17)21(22)25/h4-12,14H,1,13H2,2-3H3,(H2,22,25). The van der Waals surface area contributed by atoms with Crippen molar-refractivity contribution in [3.8, 4) is 11.5 Å². The van der Waals surface area contributed by atoms with Crippen LogP contribution in [0.1, 0.15) is 15.9 Å². The van der Waals surface area contributed by atoms with Crippen molar-refractivity contribution in [2.45, 2.75) is 0 Å². The van der Waals surface area contributed by atoms with Gasteiger partial charge in [0.2, 0.25) is 5.91 Å². The zero-order valence-electron chi connectivity index (χ0n) is 15.3. The van der Waals surface area contributed by atoms with Crippen molar-refractivity contribution in [1.82, 2.24) is 0 Å². The van der Waals surface area contributed by atoms with Gasteiger partial charge in [-0.3, -0.25) is 9.59 Å². The first-order valence-electron chi connectivity index (χ1n) is 8.23. The maximum Gasteiger partial charge on any atom is 0.250 e. The summed E-state index contributed by atoms with van der Waals surface area (Å²) in [7, 11) is 3.21. The number of nitrogens with zero attached hydrogens (tertiary/aromatic N) is 1. The van der Waals surface area contributed by atoms with E-state index < -0.39 is 5.91 Å². The Morgan fingerprint density at radius 2 is 1.85 bits per heavy atom. The number of ether oxygens (including phenoxy) is 2. The number of amides is 2. The van der Waals surface area contributed by atoms with Crippen molar-refractivity contribution < 1.29 is 19.1 Å². The largest absolute Gasteiger partial charge is 0.493 e. The van der Waals surface area contributed by atoms with Gasteiger partial charge in [0.1, 0.15) is 6.61 Å². The van der Waals surface area contributed by atoms with E-state index in [1.165, 1.54) is 11.0 Å². The molecule has 0 aliphatic rings. The van der Waals surface area contributed by atoms with Crippen LogP contribution in [0.5, 0.6) is 11.5 Å². The highest BCUT2D eigenvalue weighted by molar-refractivity contribution is 6.03. The van der Waals surface area contributed by atoms with Crippen LogP contribution in [0.25, 0.3) is 6.08 Å². The number of hydrogen-bond donors (Lipinski definition) is 1. The van der Waals surface area contributed by atoms with Crippen LogP contribution in [-0.2, 0) is 4.79 Å². The van der Waals surface area contributed by atoms with E-state index in [0.717, 1.165) is 5.56 Å². The van der Waals surface area contributed by atoms with Crippen molar-refractivity contribution in [2.75, 3.05) is 25.7 Å². The van der Waals surface area contributed by atoms with Gasteiger partial charge in [-0.25, -0.2) is 0 Å². The molecular formula is C21H22N2O4. The van der Waals surface area contributed by atoms with Crippen LogP contribution in [0.2, 0.25) is 0 Å². The second kappa shape index (κ2) is 9.24. The van der Waals surface area contributed by atoms with Crippen LogP contribution in [0.4, 0.5) is 5.69 Å². The summed E-state index contributed by atoms with van der Waals surface area (Å²) in [6, 6.07) is 11.9. The summed E-state index contributed by atoms with van der Waals surface area (Å²) in [5.41, 5.74) is 7.06. The fourth-order valence-electron chi connectivity index (χ4n) is 2.31. The van der Waals surface area contributed by atoms with Crippen molar-refractivity contribution in [2.24, 2.45) is 5.73 Å². The first kappa shape index (κ1) is 19.8. The normalized spacial score (nSPS) is 10.4. The first-order chi connectivity index (χ1) is 13.0. The van der Waals surface area contributed by atoms with Crippen LogP contribution in [0.3, 0.4) is 0 Å². The summed E-state index contributed by atoms with van der Waals surface area (Å²) in [6.07, 6.45) is 4.80. The van der Waals surface area contributed by atoms with E-state index >= 15 is 0 Å². The van der Waals surface area contributed by atoms with Gasteiger partial charge in [-0.2, -0.15) is 0 Å². The fourth-order valence-corrected chi connectivity index (χ4v) is 2.31. The summed E-state index contributed by atoms with van der Waals surface area (Å²) < 4.78 is 10.8. The molecule has 2 amide bonds. The number of carbonyl (C=O) groups is 2. The van der Waals surface area contributed by atoms with Gasteiger partial charge in [0, 0.05) is 24.4 Å². The molecule has 2 aromatic rings. The molecule has 0 spiro atoms. The average molecular weight is 366 g/mol. The summed E-state index contributed by atoms with van der Waals surface area (Å²) in [5, 5.41) is 0. The number of benzene rings is 2. The predicted molar refractivity (Wildman–Crippen MR) is 106 cm³/mol. The molecule has 140 valence electrons. The molecule has 2 N–H and O–H groups in total. The predicted octanol–water partition coefficient (Wildman–Crippen LogP) is 3.04. The molecule has 0 aliphatic heterocycles. The van der Waals surface area contributed by atoms with E-state index in [9.17, 15) is 9.59 Å². The third-order valence-corrected chi connectivity index (χ3v) is 3.83. The molecule has 0 heterocycles. The lowest BCUT2D eigenvalue weighted by molar-refractivity contribution is -0.113. The summed E-state index contributed by atoms with van der Waals surface area (Å²) in [5.74, 6) is 0.451. The third-order valence-electron chi connectivity index (χ3n) is 3.83. The quantitative estimate of drug-likeness (QED) is 0.575. The topological polar surface area (TPSA) is 81.9 Å². The van der Waals surface area contributed by atoms with Crippen molar-refractivity contribution >= 4 is 23.6 Å². The van der Waals surface area contributed by atoms with E-state index in [4.69, 9.17) is 15.2 Å². The zero-order valence-corrected chi connectivity index (χ0v) is 15.3. The Kier molecular flexibility index (Phi) is 6.77. The van der Waals surface area contributed by atoms with Crippen LogP contribution in [0, 0.1) is 0 Å². The molecule has 2 rings (SSSR count). The Morgan fingerprint density at radius 3 is 2.44 bits per heavy atom. The molecule has 0 aromatic heterocycles. The van der Waals surface area contributed by atoms with Crippen LogP contribution < -0.4 is 20.1 Å². The maximum absolute atomic E-state index is 12.4. The van der Waals surface area contributed by atoms with E-state index in [1.807, 2.05) is 6.07 Å². The summed E-state index contributed by atoms with van der Waals surface area (Å²) in [6.45, 7) is 3.99. The second-order valence-electron chi connectivity index (χ2n) is 5.65. The number of likely N-dealkylation sites (N-methyl/N-ethyl adjacent to an activating group) is 1. The number of carbonyl (C=O) groups excluding carboxylic acids is 2. The van der Waals surface area contributed by atoms with Crippen LogP contribution in [0.15, 0.2) is 61.2 Å². The Morgan fingerprint density at radius 1 is 1.15 bits per heavy atom. The Bertz CT molecular complexity index is 857. The van der Waals surface area contributed by atoms with E-state index in [2.05, 4.69) is 6.58 Å². The lowest BCUT2D eigenvalue weighted by atomic mass is 10.1. The van der Waals surface area contributed by atoms with Crippen LogP contribution >= 0.6 is 0 Å². The van der Waals surface area contributed by atoms with E-state index in [0.29, 0.717) is 29.4 Å². The molecule has 6 nitrogen and oxygen atoms in total. The monoisotopic (exact) mass is 366 g/mol. The minimum Gasteiger partial charge on any atom is -0.493 e. The fraction of sp³-hybridized carbons (Fsp3) is 0.143. The number of primary amides is 1. The van der Waals surface area contributed by atoms with Gasteiger partial charge in [0.05, 0.1) is 7.11 Å². The molecule has 0 fully saturated rings. The molecule has 6 heteroatoms. The number of anilines is 1. The van der Waals surface area contributed by atoms with Gasteiger partial charge in [-0.1, -0.05) is 18.7 Å². The van der Waals surface area contributed by atoms with Gasteiger partial charge in [0.15, 0.2) is 11.5 Å². The first-order valence-corrected chi connectivity index (χ1v) is 8.23. The Balaban J connectivity index is 2.10. The Hall–Kier alpha value is -3.54. The molecule has 0 aliphatic carbocycles. The summed E-state index contributed by atoms with van der Waals surface area (Å²) >= 11 is 0. The van der Waals surface area contributed by atoms with Gasteiger partial charge < -0.3 is 20.1 Å². The SMILES string of the molecule is C=CCOc1ccc(C=CC(=O)N(C)c2ccc(C(N)=O)cc2)cc1OC. The smallest absolute Gasteiger partial charge is 0.250 e. The van der Waals surface area contributed by atoms with Crippen molar-refractivity contribution in [1.29, 1.82) is 0 Å². The molecule has 0 unspecified atom stereocenters. The number of hydrogen-bond acceptors (Lipinski definition) is 4. The molecule has 0 saturated carbocycles. The highest BCUT2D eigenvalue weighted by Crippen LogP contribution is 2.28. The average Bonchev–Trinajstić information content (AvgIpc) is 2.70. The minimum absolute atomic E-state index is 0.215. The van der Waals surface area contributed by atoms with Gasteiger partial charge in [-0.05, 0) is 48.0 Å². The zero-order chi connectivity index (χ0) is 19.8. The van der Waals surface area contributed by atoms with Crippen molar-refractivity contribution in [3.05, 3.63) is 72.3 Å². The lowest BCUT2D eigenvalue weighted by Gasteiger charge is -2.15. The summed E-state index contributed by atoms with van der Waals surface area (Å²) in [4.78, 5) is 25.0. The Labute approximate surface area is 158 Å².